The fourth-order valence-corrected chi connectivity index (χ4v) is 1.91. The molecule has 0 unspecified atom stereocenters. The van der Waals surface area contributed by atoms with Crippen molar-refractivity contribution in [2.24, 2.45) is 0 Å². The zero-order chi connectivity index (χ0) is 15.5. The number of hydrogen-bond donors (Lipinski definition) is 1. The largest absolute Gasteiger partial charge is 0.444 e. The van der Waals surface area contributed by atoms with E-state index in [1.807, 2.05) is 59.1 Å². The number of anilines is 1. The zero-order valence-corrected chi connectivity index (χ0v) is 12.8. The van der Waals surface area contributed by atoms with Crippen LogP contribution >= 0.6 is 0 Å². The van der Waals surface area contributed by atoms with Crippen molar-refractivity contribution >= 4 is 25.1 Å². The number of rotatable bonds is 2. The van der Waals surface area contributed by atoms with Gasteiger partial charge in [0.25, 0.3) is 0 Å². The first kappa shape index (κ1) is 15.1. The highest BCUT2D eigenvalue weighted by atomic mass is 16.6. The molecule has 1 heterocycles. The normalized spacial score (nSPS) is 11.0. The fourth-order valence-electron chi connectivity index (χ4n) is 1.91. The molecular formula is C16H19BN2O2. The molecule has 0 bridgehead atoms. The highest BCUT2D eigenvalue weighted by Crippen LogP contribution is 2.21. The van der Waals surface area contributed by atoms with Gasteiger partial charge in [0.05, 0.1) is 0 Å². The lowest BCUT2D eigenvalue weighted by Gasteiger charge is -2.19. The van der Waals surface area contributed by atoms with E-state index < -0.39 is 11.7 Å². The Morgan fingerprint density at radius 1 is 1.19 bits per heavy atom. The third-order valence-electron chi connectivity index (χ3n) is 2.72. The van der Waals surface area contributed by atoms with Crippen molar-refractivity contribution in [3.05, 3.63) is 42.7 Å². The first-order valence-corrected chi connectivity index (χ1v) is 6.85. The molecule has 0 atom stereocenters. The van der Waals surface area contributed by atoms with Crippen LogP contribution in [0.1, 0.15) is 20.8 Å². The maximum Gasteiger partial charge on any atom is 0.412 e. The van der Waals surface area contributed by atoms with Crippen LogP contribution in [0.15, 0.2) is 42.7 Å². The Morgan fingerprint density at radius 2 is 1.95 bits per heavy atom. The summed E-state index contributed by atoms with van der Waals surface area (Å²) in [6, 6.07) is 9.66. The second-order valence-corrected chi connectivity index (χ2v) is 5.96. The summed E-state index contributed by atoms with van der Waals surface area (Å²) in [4.78, 5) is 16.0. The van der Waals surface area contributed by atoms with Crippen molar-refractivity contribution in [1.82, 2.24) is 4.98 Å². The molecule has 0 aliphatic heterocycles. The average molecular weight is 282 g/mol. The van der Waals surface area contributed by atoms with Crippen LogP contribution in [0.5, 0.6) is 0 Å². The van der Waals surface area contributed by atoms with Crippen LogP contribution < -0.4 is 10.8 Å². The highest BCUT2D eigenvalue weighted by molar-refractivity contribution is 6.32. The van der Waals surface area contributed by atoms with Gasteiger partial charge >= 0.3 is 6.09 Å². The molecule has 108 valence electrons. The minimum Gasteiger partial charge on any atom is -0.444 e. The van der Waals surface area contributed by atoms with Crippen LogP contribution in [0, 0.1) is 0 Å². The molecule has 0 fully saturated rings. The van der Waals surface area contributed by atoms with Crippen LogP contribution in [0.25, 0.3) is 11.1 Å². The molecule has 1 aromatic heterocycles. The van der Waals surface area contributed by atoms with Crippen molar-refractivity contribution in [2.75, 3.05) is 5.32 Å². The number of carbonyl (C=O) groups excluding carboxylic acids is 1. The molecule has 1 amide bonds. The van der Waals surface area contributed by atoms with E-state index in [1.165, 1.54) is 0 Å². The van der Waals surface area contributed by atoms with E-state index in [0.717, 1.165) is 16.6 Å². The summed E-state index contributed by atoms with van der Waals surface area (Å²) < 4.78 is 5.24. The van der Waals surface area contributed by atoms with Gasteiger partial charge in [-0.15, -0.1) is 0 Å². The molecule has 0 aliphatic rings. The Hall–Kier alpha value is -2.30. The Kier molecular flexibility index (Phi) is 4.31. The SMILES string of the molecule is Bc1cncc(-c2cccc(NC(=O)OC(C)(C)C)c2)c1. The number of nitrogens with zero attached hydrogens (tertiary/aromatic N) is 1. The molecule has 0 saturated carbocycles. The second kappa shape index (κ2) is 6.00. The molecule has 0 saturated heterocycles. The summed E-state index contributed by atoms with van der Waals surface area (Å²) in [5.74, 6) is 0. The molecular weight excluding hydrogens is 263 g/mol. The quantitative estimate of drug-likeness (QED) is 0.860. The monoisotopic (exact) mass is 282 g/mol. The van der Waals surface area contributed by atoms with Crippen LogP contribution in [-0.2, 0) is 4.74 Å². The molecule has 1 aromatic carbocycles. The van der Waals surface area contributed by atoms with E-state index in [-0.39, 0.29) is 0 Å². The molecule has 2 rings (SSSR count). The van der Waals surface area contributed by atoms with Crippen molar-refractivity contribution in [2.45, 2.75) is 26.4 Å². The van der Waals surface area contributed by atoms with Gasteiger partial charge in [0, 0.05) is 18.1 Å². The van der Waals surface area contributed by atoms with Gasteiger partial charge in [-0.25, -0.2) is 4.79 Å². The van der Waals surface area contributed by atoms with Crippen molar-refractivity contribution in [3.63, 3.8) is 0 Å². The third kappa shape index (κ3) is 4.63. The number of carbonyl (C=O) groups is 1. The lowest BCUT2D eigenvalue weighted by molar-refractivity contribution is 0.0636. The lowest BCUT2D eigenvalue weighted by atomic mass is 9.95. The summed E-state index contributed by atoms with van der Waals surface area (Å²) in [5, 5.41) is 2.74. The number of aromatic nitrogens is 1. The number of nitrogens with one attached hydrogen (secondary N) is 1. The van der Waals surface area contributed by atoms with Gasteiger partial charge < -0.3 is 4.74 Å². The standard InChI is InChI=1S/C16H19BN2O2/c1-16(2,3)21-15(20)19-14-6-4-5-11(8-14)12-7-13(17)10-18-9-12/h4-10H,17H2,1-3H3,(H,19,20). The van der Waals surface area contributed by atoms with Gasteiger partial charge in [0.1, 0.15) is 13.4 Å². The van der Waals surface area contributed by atoms with E-state index in [0.29, 0.717) is 5.69 Å². The first-order valence-electron chi connectivity index (χ1n) is 6.85. The van der Waals surface area contributed by atoms with Gasteiger partial charge in [-0.2, -0.15) is 0 Å². The highest BCUT2D eigenvalue weighted by Gasteiger charge is 2.16. The van der Waals surface area contributed by atoms with Crippen LogP contribution in [0.4, 0.5) is 10.5 Å². The number of pyridine rings is 1. The van der Waals surface area contributed by atoms with Gasteiger partial charge in [-0.05, 0) is 44.0 Å². The van der Waals surface area contributed by atoms with E-state index in [9.17, 15) is 4.79 Å². The molecule has 1 N–H and O–H groups in total. The predicted molar refractivity (Wildman–Crippen MR) is 87.7 cm³/mol. The minimum atomic E-state index is -0.512. The number of hydrogen-bond acceptors (Lipinski definition) is 3. The van der Waals surface area contributed by atoms with Crippen molar-refractivity contribution in [3.8, 4) is 11.1 Å². The molecule has 4 nitrogen and oxygen atoms in total. The average Bonchev–Trinajstić information content (AvgIpc) is 2.36. The molecule has 0 spiro atoms. The van der Waals surface area contributed by atoms with Gasteiger partial charge in [0.15, 0.2) is 0 Å². The summed E-state index contributed by atoms with van der Waals surface area (Å²) >= 11 is 0. The van der Waals surface area contributed by atoms with Gasteiger partial charge in [0.2, 0.25) is 0 Å². The third-order valence-corrected chi connectivity index (χ3v) is 2.72. The summed E-state index contributed by atoms with van der Waals surface area (Å²) in [7, 11) is 2.00. The van der Waals surface area contributed by atoms with Crippen LogP contribution in [-0.4, -0.2) is 24.5 Å². The fraction of sp³-hybridized carbons (Fsp3) is 0.250. The van der Waals surface area contributed by atoms with E-state index in [2.05, 4.69) is 16.4 Å². The number of amides is 1. The number of benzene rings is 1. The second-order valence-electron chi connectivity index (χ2n) is 5.96. The minimum absolute atomic E-state index is 0.456. The molecule has 0 radical (unpaired) electrons. The van der Waals surface area contributed by atoms with E-state index in [4.69, 9.17) is 4.74 Å². The van der Waals surface area contributed by atoms with E-state index >= 15 is 0 Å². The Morgan fingerprint density at radius 3 is 2.62 bits per heavy atom. The topological polar surface area (TPSA) is 51.2 Å². The summed E-state index contributed by atoms with van der Waals surface area (Å²) in [6.07, 6.45) is 3.16. The molecule has 21 heavy (non-hydrogen) atoms. The molecule has 5 heteroatoms. The molecule has 0 aliphatic carbocycles. The number of ether oxygens (including phenoxy) is 1. The van der Waals surface area contributed by atoms with Crippen LogP contribution in [0.2, 0.25) is 0 Å². The Balaban J connectivity index is 2.17. The summed E-state index contributed by atoms with van der Waals surface area (Å²) in [6.45, 7) is 5.50. The van der Waals surface area contributed by atoms with Gasteiger partial charge in [-0.3, -0.25) is 10.3 Å². The first-order chi connectivity index (χ1) is 9.83. The van der Waals surface area contributed by atoms with Crippen LogP contribution in [0.3, 0.4) is 0 Å². The Bertz CT molecular complexity index is 651. The molecule has 2 aromatic rings. The smallest absolute Gasteiger partial charge is 0.412 e. The Labute approximate surface area is 126 Å². The van der Waals surface area contributed by atoms with E-state index in [1.54, 1.807) is 6.20 Å². The predicted octanol–water partition coefficient (Wildman–Crippen LogP) is 2.35. The van der Waals surface area contributed by atoms with Crippen molar-refractivity contribution in [1.29, 1.82) is 0 Å². The zero-order valence-electron chi connectivity index (χ0n) is 12.8. The summed E-state index contributed by atoms with van der Waals surface area (Å²) in [5.41, 5.74) is 3.30. The maximum atomic E-state index is 11.8. The van der Waals surface area contributed by atoms with Crippen molar-refractivity contribution < 1.29 is 9.53 Å². The van der Waals surface area contributed by atoms with Gasteiger partial charge in [-0.1, -0.05) is 23.7 Å². The maximum absolute atomic E-state index is 11.8. The lowest BCUT2D eigenvalue weighted by Crippen LogP contribution is -2.27.